The molecule has 1 aromatic rings. The molecule has 0 amide bonds. The molecule has 384 valence electrons. The number of anilines is 1. The third-order valence-corrected chi connectivity index (χ3v) is 13.4. The monoisotopic (exact) mass is 991 g/mol. The van der Waals surface area contributed by atoms with Gasteiger partial charge in [0.2, 0.25) is 0 Å². The van der Waals surface area contributed by atoms with Gasteiger partial charge in [-0.15, -0.1) is 0 Å². The van der Waals surface area contributed by atoms with Gasteiger partial charge >= 0.3 is 33.3 Å². The highest BCUT2D eigenvalue weighted by Crippen LogP contribution is 2.60. The van der Waals surface area contributed by atoms with Crippen LogP contribution < -0.4 is 11.4 Å². The summed E-state index contributed by atoms with van der Waals surface area (Å²) < 4.78 is 56.5. The lowest BCUT2D eigenvalue weighted by atomic mass is 10.0. The van der Waals surface area contributed by atoms with Gasteiger partial charge in [0, 0.05) is 19.0 Å². The molecule has 7 N–H and O–H groups in total. The number of carbonyl (C=O) groups excluding carboxylic acids is 2. The van der Waals surface area contributed by atoms with E-state index in [1.807, 2.05) is 12.2 Å². The summed E-state index contributed by atoms with van der Waals surface area (Å²) in [5, 5.41) is 31.2. The van der Waals surface area contributed by atoms with E-state index in [0.717, 1.165) is 55.7 Å². The number of rotatable bonds is 38. The lowest BCUT2D eigenvalue weighted by molar-refractivity contribution is -0.161. The van der Waals surface area contributed by atoms with Crippen molar-refractivity contribution in [1.82, 2.24) is 9.55 Å². The van der Waals surface area contributed by atoms with Crippen LogP contribution in [0.1, 0.15) is 162 Å². The molecule has 2 rings (SSSR count). The molecule has 2 heterocycles. The Morgan fingerprint density at radius 1 is 0.821 bits per heavy atom. The Morgan fingerprint density at radius 2 is 1.46 bits per heavy atom. The smallest absolute Gasteiger partial charge is 0.462 e. The van der Waals surface area contributed by atoms with E-state index in [1.165, 1.54) is 63.9 Å². The number of unbranched alkanes of at least 4 members (excludes halogenated alkanes) is 13. The maximum absolute atomic E-state index is 12.8. The van der Waals surface area contributed by atoms with Crippen molar-refractivity contribution in [3.63, 3.8) is 0 Å². The number of phosphoric ester groups is 2. The Kier molecular flexibility index (Phi) is 30.7. The largest absolute Gasteiger partial charge is 0.481 e. The molecule has 3 unspecified atom stereocenters. The van der Waals surface area contributed by atoms with Crippen LogP contribution in [-0.4, -0.2) is 96.9 Å². The molecular weight excluding hydrogens is 912 g/mol. The van der Waals surface area contributed by atoms with E-state index in [4.69, 9.17) is 29.0 Å². The van der Waals surface area contributed by atoms with Crippen molar-refractivity contribution in [1.29, 1.82) is 0 Å². The lowest BCUT2D eigenvalue weighted by Gasteiger charge is -2.21. The van der Waals surface area contributed by atoms with Gasteiger partial charge in [-0.3, -0.25) is 23.2 Å². The molecule has 67 heavy (non-hydrogen) atoms. The molecule has 1 aliphatic rings. The van der Waals surface area contributed by atoms with Crippen molar-refractivity contribution >= 4 is 33.4 Å². The Labute approximate surface area is 396 Å². The number of phosphoric acid groups is 2. The van der Waals surface area contributed by atoms with Crippen LogP contribution in [0.15, 0.2) is 53.5 Å². The van der Waals surface area contributed by atoms with Crippen LogP contribution in [0.2, 0.25) is 0 Å². The van der Waals surface area contributed by atoms with Gasteiger partial charge in [0.25, 0.3) is 0 Å². The number of aliphatic hydroxyl groups excluding tert-OH is 3. The minimum absolute atomic E-state index is 0.0104. The maximum Gasteiger partial charge on any atom is 0.481 e. The molecule has 0 saturated carbocycles. The number of hydrogen-bond acceptors (Lipinski definition) is 16. The van der Waals surface area contributed by atoms with Gasteiger partial charge in [-0.25, -0.2) is 13.9 Å². The van der Waals surface area contributed by atoms with E-state index >= 15 is 0 Å². The lowest BCUT2D eigenvalue weighted by Crippen LogP contribution is -2.36. The first kappa shape index (κ1) is 60.1. The van der Waals surface area contributed by atoms with E-state index in [-0.39, 0.29) is 31.5 Å². The fourth-order valence-corrected chi connectivity index (χ4v) is 9.09. The second-order valence-corrected chi connectivity index (χ2v) is 20.3. The van der Waals surface area contributed by atoms with Crippen LogP contribution in [0, 0.1) is 5.92 Å². The summed E-state index contributed by atoms with van der Waals surface area (Å²) in [6.07, 6.45) is 23.0. The molecule has 1 aromatic heterocycles. The molecule has 1 fully saturated rings. The molecule has 8 atom stereocenters. The molecule has 21 heteroatoms. The van der Waals surface area contributed by atoms with E-state index in [2.05, 4.69) is 42.2 Å². The molecular formula is C46H79N3O16P2. The highest BCUT2D eigenvalue weighted by molar-refractivity contribution is 7.61. The Balaban J connectivity index is 1.86. The second-order valence-electron chi connectivity index (χ2n) is 17.3. The van der Waals surface area contributed by atoms with Gasteiger partial charge in [-0.2, -0.15) is 9.29 Å². The first-order valence-electron chi connectivity index (χ1n) is 24.0. The van der Waals surface area contributed by atoms with Gasteiger partial charge < -0.3 is 45.1 Å². The summed E-state index contributed by atoms with van der Waals surface area (Å²) in [6, 6.07) is 1.24. The number of esters is 2. The van der Waals surface area contributed by atoms with Crippen molar-refractivity contribution in [3.05, 3.63) is 59.2 Å². The molecule has 0 spiro atoms. The number of aromatic nitrogens is 2. The molecule has 0 bridgehead atoms. The van der Waals surface area contributed by atoms with Gasteiger partial charge in [-0.05, 0) is 50.5 Å². The van der Waals surface area contributed by atoms with E-state index < -0.39 is 89.8 Å². The van der Waals surface area contributed by atoms with Gasteiger partial charge in [-0.1, -0.05) is 141 Å². The standard InChI is InChI=1S/C46H79N3O16P2/c1-4-5-6-7-8-9-10-11-12-13-17-20-23-27-37(50)28-25-30-41(51)60-33-38(63-42(52)29-24-21-18-15-14-16-19-22-26-36(2)3)34-61-66(56,57)65-67(58,59)62-35-39-43(53)44(54)45(64-39)49-32-31-40(47)48-46(49)55/h11-12,17,20,23,27,31-32,36-39,43-45,50,53-54H,4-10,13-16,18-19,21-22,24-26,28-30,33-35H2,1-3H3,(H,56,57)(H,58,59)(H2,47,48,55)/b12-11+,20-17+,27-23+/t37?,38-,39-,43-,44-,45-/m1/s1. The highest BCUT2D eigenvalue weighted by atomic mass is 31.3. The number of allylic oxidation sites excluding steroid dienone is 5. The molecule has 1 aliphatic heterocycles. The number of ether oxygens (including phenoxy) is 3. The van der Waals surface area contributed by atoms with Crippen LogP contribution >= 0.6 is 15.6 Å². The highest BCUT2D eigenvalue weighted by Gasteiger charge is 2.46. The first-order valence-corrected chi connectivity index (χ1v) is 27.0. The first-order chi connectivity index (χ1) is 31.9. The molecule has 0 aromatic carbocycles. The Bertz CT molecular complexity index is 1790. The minimum Gasteiger partial charge on any atom is -0.462 e. The zero-order valence-corrected chi connectivity index (χ0v) is 41.5. The molecule has 0 radical (unpaired) electrons. The second kappa shape index (κ2) is 34.3. The summed E-state index contributed by atoms with van der Waals surface area (Å²) in [5.74, 6) is -0.805. The number of carbonyl (C=O) groups is 2. The van der Waals surface area contributed by atoms with Gasteiger partial charge in [0.05, 0.1) is 19.3 Å². The third kappa shape index (κ3) is 28.3. The van der Waals surface area contributed by atoms with Crippen molar-refractivity contribution in [2.24, 2.45) is 5.92 Å². The summed E-state index contributed by atoms with van der Waals surface area (Å²) in [5.41, 5.74) is 4.57. The van der Waals surface area contributed by atoms with Gasteiger partial charge in [0.15, 0.2) is 12.3 Å². The molecule has 1 saturated heterocycles. The van der Waals surface area contributed by atoms with Crippen LogP contribution in [0.3, 0.4) is 0 Å². The Hall–Kier alpha value is -3.06. The fourth-order valence-electron chi connectivity index (χ4n) is 6.98. The van der Waals surface area contributed by atoms with Crippen LogP contribution in [0.25, 0.3) is 0 Å². The summed E-state index contributed by atoms with van der Waals surface area (Å²) >= 11 is 0. The number of nitrogen functional groups attached to an aromatic ring is 1. The molecule has 19 nitrogen and oxygen atoms in total. The van der Waals surface area contributed by atoms with Crippen molar-refractivity contribution in [2.75, 3.05) is 25.6 Å². The zero-order chi connectivity index (χ0) is 49.5. The summed E-state index contributed by atoms with van der Waals surface area (Å²) in [4.78, 5) is 61.7. The fraction of sp³-hybridized carbons (Fsp3) is 0.739. The Morgan fingerprint density at radius 3 is 2.15 bits per heavy atom. The van der Waals surface area contributed by atoms with Crippen LogP contribution in [-0.2, 0) is 46.3 Å². The van der Waals surface area contributed by atoms with E-state index in [1.54, 1.807) is 12.2 Å². The number of nitrogens with two attached hydrogens (primary N) is 1. The van der Waals surface area contributed by atoms with E-state index in [0.29, 0.717) is 12.3 Å². The number of hydrogen-bond donors (Lipinski definition) is 6. The zero-order valence-electron chi connectivity index (χ0n) is 39.7. The van der Waals surface area contributed by atoms with Crippen molar-refractivity contribution < 1.29 is 71.4 Å². The van der Waals surface area contributed by atoms with Crippen LogP contribution in [0.5, 0.6) is 0 Å². The van der Waals surface area contributed by atoms with Crippen molar-refractivity contribution in [3.8, 4) is 0 Å². The van der Waals surface area contributed by atoms with Crippen molar-refractivity contribution in [2.45, 2.75) is 192 Å². The predicted molar refractivity (Wildman–Crippen MR) is 253 cm³/mol. The predicted octanol–water partition coefficient (Wildman–Crippen LogP) is 8.05. The SMILES string of the molecule is CCCCCCCC/C=C/C/C=C/C=C/C(O)CCCC(=O)OC[C@H](COP(=O)(O)OP(=O)(O)OC[C@H]1O[C@@H](n2ccc(N)nc2=O)[C@H](O)[C@@H]1O)OC(=O)CCCCCCCCCCC(C)C. The van der Waals surface area contributed by atoms with E-state index in [9.17, 15) is 48.6 Å². The van der Waals surface area contributed by atoms with Crippen LogP contribution in [0.4, 0.5) is 5.82 Å². The number of aliphatic hydroxyl groups is 3. The third-order valence-electron chi connectivity index (χ3n) is 10.8. The minimum atomic E-state index is -5.45. The average Bonchev–Trinajstić information content (AvgIpc) is 3.54. The summed E-state index contributed by atoms with van der Waals surface area (Å²) in [6.45, 7) is 4.18. The quantitative estimate of drug-likeness (QED) is 0.0120. The normalized spacial score (nSPS) is 20.4. The summed E-state index contributed by atoms with van der Waals surface area (Å²) in [7, 11) is -10.9. The molecule has 0 aliphatic carbocycles. The van der Waals surface area contributed by atoms with Gasteiger partial charge in [0.1, 0.15) is 30.7 Å². The number of nitrogens with zero attached hydrogens (tertiary/aromatic N) is 2. The maximum atomic E-state index is 12.8. The topological polar surface area (TPSA) is 286 Å². The average molecular weight is 992 g/mol.